The molecule has 3 heteroatoms. The van der Waals surface area contributed by atoms with Crippen molar-refractivity contribution in [3.63, 3.8) is 0 Å². The van der Waals surface area contributed by atoms with Crippen molar-refractivity contribution in [2.24, 2.45) is 0 Å². The number of ether oxygens (including phenoxy) is 1. The van der Waals surface area contributed by atoms with Gasteiger partial charge in [0.2, 0.25) is 0 Å². The van der Waals surface area contributed by atoms with Gasteiger partial charge in [-0.3, -0.25) is 0 Å². The van der Waals surface area contributed by atoms with E-state index >= 15 is 0 Å². The summed E-state index contributed by atoms with van der Waals surface area (Å²) in [5.74, 6) is 2.46. The molecule has 0 aliphatic carbocycles. The highest BCUT2D eigenvalue weighted by atomic mass is 32.2. The average molecular weight is 219 g/mol. The molecule has 0 rings (SSSR count). The third-order valence-electron chi connectivity index (χ3n) is 2.09. The Balaban J connectivity index is 3.30. The highest BCUT2D eigenvalue weighted by molar-refractivity contribution is 7.99. The minimum Gasteiger partial charge on any atom is -0.385 e. The predicted molar refractivity (Wildman–Crippen MR) is 66.2 cm³/mol. The molecule has 0 saturated heterocycles. The van der Waals surface area contributed by atoms with Gasteiger partial charge < -0.3 is 10.1 Å². The molecule has 86 valence electrons. The van der Waals surface area contributed by atoms with Gasteiger partial charge in [-0.25, -0.2) is 0 Å². The molecule has 0 heterocycles. The van der Waals surface area contributed by atoms with Crippen LogP contribution in [0.25, 0.3) is 0 Å². The van der Waals surface area contributed by atoms with E-state index in [1.54, 1.807) is 7.11 Å². The Kier molecular flexibility index (Phi) is 11.6. The van der Waals surface area contributed by atoms with Crippen LogP contribution in [0.2, 0.25) is 0 Å². The quantitative estimate of drug-likeness (QED) is 0.571. The molecule has 0 fully saturated rings. The molecule has 0 aliphatic heterocycles. The second kappa shape index (κ2) is 11.3. The van der Waals surface area contributed by atoms with Gasteiger partial charge in [-0.1, -0.05) is 20.3 Å². The fourth-order valence-corrected chi connectivity index (χ4v) is 2.47. The van der Waals surface area contributed by atoms with Gasteiger partial charge in [0.1, 0.15) is 0 Å². The van der Waals surface area contributed by atoms with Gasteiger partial charge in [-0.2, -0.15) is 11.8 Å². The molecule has 1 N–H and O–H groups in total. The zero-order valence-corrected chi connectivity index (χ0v) is 10.7. The van der Waals surface area contributed by atoms with E-state index in [1.165, 1.54) is 30.8 Å². The minimum absolute atomic E-state index is 0.706. The summed E-state index contributed by atoms with van der Waals surface area (Å²) < 4.78 is 5.01. The first kappa shape index (κ1) is 14.3. The van der Waals surface area contributed by atoms with Crippen LogP contribution in [-0.2, 0) is 4.74 Å². The van der Waals surface area contributed by atoms with Crippen molar-refractivity contribution >= 4 is 11.8 Å². The molecule has 0 bridgehead atoms. The minimum atomic E-state index is 0.706. The molecule has 0 aromatic carbocycles. The van der Waals surface area contributed by atoms with Crippen LogP contribution in [0.3, 0.4) is 0 Å². The van der Waals surface area contributed by atoms with Gasteiger partial charge >= 0.3 is 0 Å². The fourth-order valence-electron chi connectivity index (χ4n) is 1.41. The molecule has 1 unspecified atom stereocenters. The van der Waals surface area contributed by atoms with Crippen LogP contribution in [0, 0.1) is 0 Å². The maximum absolute atomic E-state index is 5.01. The van der Waals surface area contributed by atoms with E-state index in [9.17, 15) is 0 Å². The van der Waals surface area contributed by atoms with Crippen molar-refractivity contribution in [3.8, 4) is 0 Å². The fraction of sp³-hybridized carbons (Fsp3) is 1.00. The lowest BCUT2D eigenvalue weighted by Crippen LogP contribution is -2.31. The lowest BCUT2D eigenvalue weighted by Gasteiger charge is -2.16. The predicted octanol–water partition coefficient (Wildman–Crippen LogP) is 2.53. The molecule has 0 saturated carbocycles. The van der Waals surface area contributed by atoms with Crippen molar-refractivity contribution in [2.45, 2.75) is 39.2 Å². The van der Waals surface area contributed by atoms with Crippen LogP contribution in [0.4, 0.5) is 0 Å². The van der Waals surface area contributed by atoms with Gasteiger partial charge in [0.25, 0.3) is 0 Å². The summed E-state index contributed by atoms with van der Waals surface area (Å²) >= 11 is 2.04. The van der Waals surface area contributed by atoms with Gasteiger partial charge in [0.05, 0.1) is 0 Å². The molecular formula is C11H25NOS. The summed E-state index contributed by atoms with van der Waals surface area (Å²) in [7, 11) is 1.77. The average Bonchev–Trinajstić information content (AvgIpc) is 2.18. The lowest BCUT2D eigenvalue weighted by molar-refractivity contribution is 0.200. The molecule has 0 aromatic rings. The van der Waals surface area contributed by atoms with Crippen LogP contribution in [0.5, 0.6) is 0 Å². The Morgan fingerprint density at radius 1 is 1.36 bits per heavy atom. The summed E-state index contributed by atoms with van der Waals surface area (Å²) in [6.45, 7) is 6.41. The summed E-state index contributed by atoms with van der Waals surface area (Å²) in [6.07, 6.45) is 3.74. The van der Waals surface area contributed by atoms with Crippen LogP contribution >= 0.6 is 11.8 Å². The molecule has 14 heavy (non-hydrogen) atoms. The van der Waals surface area contributed by atoms with Crippen molar-refractivity contribution in [1.29, 1.82) is 0 Å². The Morgan fingerprint density at radius 2 is 2.14 bits per heavy atom. The number of hydrogen-bond donors (Lipinski definition) is 1. The standard InChI is InChI=1S/C11H25NOS/c1-4-7-11(12-5-2)10-14-9-6-8-13-3/h11-12H,4-10H2,1-3H3. The SMILES string of the molecule is CCCC(CSCCCOC)NCC. The van der Waals surface area contributed by atoms with E-state index in [-0.39, 0.29) is 0 Å². The maximum Gasteiger partial charge on any atom is 0.0470 e. The summed E-state index contributed by atoms with van der Waals surface area (Å²) in [5.41, 5.74) is 0. The third-order valence-corrected chi connectivity index (χ3v) is 3.30. The summed E-state index contributed by atoms with van der Waals surface area (Å²) in [6, 6.07) is 0.706. The molecule has 0 amide bonds. The normalized spacial score (nSPS) is 13.1. The molecule has 0 spiro atoms. The van der Waals surface area contributed by atoms with Crippen LogP contribution in [0.1, 0.15) is 33.1 Å². The second-order valence-electron chi connectivity index (χ2n) is 3.46. The first-order chi connectivity index (χ1) is 6.85. The highest BCUT2D eigenvalue weighted by Crippen LogP contribution is 2.08. The largest absolute Gasteiger partial charge is 0.385 e. The number of hydrogen-bond acceptors (Lipinski definition) is 3. The zero-order valence-electron chi connectivity index (χ0n) is 9.84. The number of thioether (sulfide) groups is 1. The van der Waals surface area contributed by atoms with E-state index in [1.807, 2.05) is 11.8 Å². The van der Waals surface area contributed by atoms with Crippen LogP contribution < -0.4 is 5.32 Å². The van der Waals surface area contributed by atoms with Crippen molar-refractivity contribution in [3.05, 3.63) is 0 Å². The van der Waals surface area contributed by atoms with E-state index < -0.39 is 0 Å². The van der Waals surface area contributed by atoms with E-state index in [0.717, 1.165) is 13.2 Å². The van der Waals surface area contributed by atoms with E-state index in [4.69, 9.17) is 4.74 Å². The van der Waals surface area contributed by atoms with Crippen molar-refractivity contribution < 1.29 is 4.74 Å². The molecule has 0 aliphatic rings. The summed E-state index contributed by atoms with van der Waals surface area (Å²) in [5, 5.41) is 3.52. The molecule has 0 radical (unpaired) electrons. The third kappa shape index (κ3) is 8.85. The van der Waals surface area contributed by atoms with E-state index in [2.05, 4.69) is 19.2 Å². The number of methoxy groups -OCH3 is 1. The lowest BCUT2D eigenvalue weighted by atomic mass is 10.2. The smallest absolute Gasteiger partial charge is 0.0470 e. The maximum atomic E-state index is 5.01. The first-order valence-corrected chi connectivity index (χ1v) is 6.80. The Hall–Kier alpha value is 0.270. The van der Waals surface area contributed by atoms with Gasteiger partial charge in [-0.05, 0) is 25.1 Å². The monoisotopic (exact) mass is 219 g/mol. The van der Waals surface area contributed by atoms with Crippen LogP contribution in [0.15, 0.2) is 0 Å². The number of rotatable bonds is 10. The van der Waals surface area contributed by atoms with Gasteiger partial charge in [0.15, 0.2) is 0 Å². The Morgan fingerprint density at radius 3 is 2.71 bits per heavy atom. The molecule has 2 nitrogen and oxygen atoms in total. The molecule has 0 aromatic heterocycles. The highest BCUT2D eigenvalue weighted by Gasteiger charge is 2.04. The van der Waals surface area contributed by atoms with Gasteiger partial charge in [-0.15, -0.1) is 0 Å². The van der Waals surface area contributed by atoms with Gasteiger partial charge in [0, 0.05) is 25.5 Å². The topological polar surface area (TPSA) is 21.3 Å². The second-order valence-corrected chi connectivity index (χ2v) is 4.61. The number of nitrogens with one attached hydrogen (secondary N) is 1. The van der Waals surface area contributed by atoms with Crippen molar-refractivity contribution in [1.82, 2.24) is 5.32 Å². The molecular weight excluding hydrogens is 194 g/mol. The first-order valence-electron chi connectivity index (χ1n) is 5.65. The Labute approximate surface area is 93.2 Å². The van der Waals surface area contributed by atoms with Crippen LogP contribution in [-0.4, -0.2) is 37.8 Å². The van der Waals surface area contributed by atoms with Crippen molar-refractivity contribution in [2.75, 3.05) is 31.8 Å². The molecule has 1 atom stereocenters. The van der Waals surface area contributed by atoms with E-state index in [0.29, 0.717) is 6.04 Å². The summed E-state index contributed by atoms with van der Waals surface area (Å²) in [4.78, 5) is 0. The zero-order chi connectivity index (χ0) is 10.6. The Bertz CT molecular complexity index is 105.